The van der Waals surface area contributed by atoms with E-state index in [0.29, 0.717) is 26.3 Å². The predicted molar refractivity (Wildman–Crippen MR) is 117 cm³/mol. The van der Waals surface area contributed by atoms with Crippen LogP contribution in [-0.2, 0) is 30.9 Å². The quantitative estimate of drug-likeness (QED) is 0.680. The van der Waals surface area contributed by atoms with Gasteiger partial charge in [-0.05, 0) is 29.8 Å². The Labute approximate surface area is 185 Å². The Kier molecular flexibility index (Phi) is 6.61. The predicted octanol–water partition coefficient (Wildman–Crippen LogP) is 1.83. The zero-order valence-electron chi connectivity index (χ0n) is 16.7. The van der Waals surface area contributed by atoms with Crippen LogP contribution < -0.4 is 10.6 Å². The van der Waals surface area contributed by atoms with Crippen molar-refractivity contribution in [2.45, 2.75) is 28.0 Å². The maximum Gasteiger partial charge on any atom is 0.243 e. The number of fused-ring (bicyclic) bond motifs is 1. The molecule has 2 heterocycles. The number of carbonyl (C=O) groups excluding carboxylic acids is 2. The maximum atomic E-state index is 12.7. The summed E-state index contributed by atoms with van der Waals surface area (Å²) in [5, 5.41) is 5.14. The van der Waals surface area contributed by atoms with E-state index in [1.54, 1.807) is 24.3 Å². The van der Waals surface area contributed by atoms with Gasteiger partial charge in [0.05, 0.1) is 29.0 Å². The summed E-state index contributed by atoms with van der Waals surface area (Å²) in [7, 11) is -3.54. The summed E-state index contributed by atoms with van der Waals surface area (Å²) in [5.74, 6) is -0.423. The Morgan fingerprint density at radius 3 is 2.58 bits per heavy atom. The van der Waals surface area contributed by atoms with E-state index in [-0.39, 0.29) is 29.7 Å². The van der Waals surface area contributed by atoms with Gasteiger partial charge in [0.25, 0.3) is 0 Å². The molecule has 0 spiro atoms. The largest absolute Gasteiger partial charge is 0.379 e. The molecule has 0 aliphatic carbocycles. The number of carbonyl (C=O) groups is 2. The molecule has 0 aromatic heterocycles. The standard InChI is InChI=1S/C21H23N3O5S2/c25-20(13-19-21(26)23-17-3-1-2-4-18(17)30-19)22-14-15-5-7-16(8-6-15)31(27,28)24-9-11-29-12-10-24/h1-8,19H,9-14H2,(H,22,25)(H,23,26)/t19-/m1/s1. The Hall–Kier alpha value is -2.40. The summed E-state index contributed by atoms with van der Waals surface area (Å²) in [5.41, 5.74) is 1.54. The van der Waals surface area contributed by atoms with Gasteiger partial charge in [-0.3, -0.25) is 9.59 Å². The van der Waals surface area contributed by atoms with E-state index in [9.17, 15) is 18.0 Å². The lowest BCUT2D eigenvalue weighted by Crippen LogP contribution is -2.40. The van der Waals surface area contributed by atoms with Crippen molar-refractivity contribution in [3.8, 4) is 0 Å². The molecule has 1 atom stereocenters. The molecule has 10 heteroatoms. The van der Waals surface area contributed by atoms with Crippen LogP contribution in [-0.4, -0.2) is 56.1 Å². The first-order valence-corrected chi connectivity index (χ1v) is 12.3. The highest BCUT2D eigenvalue weighted by Crippen LogP contribution is 2.36. The molecule has 31 heavy (non-hydrogen) atoms. The van der Waals surface area contributed by atoms with Crippen molar-refractivity contribution < 1.29 is 22.7 Å². The molecule has 0 radical (unpaired) electrons. The number of ether oxygens (including phenoxy) is 1. The fraction of sp³-hybridized carbons (Fsp3) is 0.333. The van der Waals surface area contributed by atoms with E-state index >= 15 is 0 Å². The highest BCUT2D eigenvalue weighted by molar-refractivity contribution is 8.01. The molecule has 0 bridgehead atoms. The van der Waals surface area contributed by atoms with Gasteiger partial charge < -0.3 is 15.4 Å². The Balaban J connectivity index is 1.31. The lowest BCUT2D eigenvalue weighted by atomic mass is 10.2. The molecule has 0 saturated carbocycles. The summed E-state index contributed by atoms with van der Waals surface area (Å²) in [6, 6.07) is 14.0. The first-order valence-electron chi connectivity index (χ1n) is 9.93. The van der Waals surface area contributed by atoms with Gasteiger partial charge in [0, 0.05) is 31.0 Å². The van der Waals surface area contributed by atoms with Gasteiger partial charge in [-0.25, -0.2) is 8.42 Å². The maximum absolute atomic E-state index is 12.7. The Bertz CT molecular complexity index is 1070. The average molecular weight is 462 g/mol. The first-order chi connectivity index (χ1) is 14.9. The minimum atomic E-state index is -3.54. The molecule has 1 saturated heterocycles. The third kappa shape index (κ3) is 5.09. The summed E-state index contributed by atoms with van der Waals surface area (Å²) in [6.45, 7) is 1.74. The van der Waals surface area contributed by atoms with E-state index in [2.05, 4.69) is 10.6 Å². The molecule has 2 aromatic carbocycles. The van der Waals surface area contributed by atoms with Crippen LogP contribution in [0.5, 0.6) is 0 Å². The van der Waals surface area contributed by atoms with Crippen molar-refractivity contribution in [3.05, 3.63) is 54.1 Å². The number of para-hydroxylation sites is 1. The van der Waals surface area contributed by atoms with Gasteiger partial charge >= 0.3 is 0 Å². The topological polar surface area (TPSA) is 105 Å². The molecule has 2 aromatic rings. The van der Waals surface area contributed by atoms with Crippen LogP contribution in [0.1, 0.15) is 12.0 Å². The van der Waals surface area contributed by atoms with Gasteiger partial charge in [0.2, 0.25) is 21.8 Å². The smallest absolute Gasteiger partial charge is 0.243 e. The zero-order valence-corrected chi connectivity index (χ0v) is 18.4. The van der Waals surface area contributed by atoms with Gasteiger partial charge in [-0.15, -0.1) is 11.8 Å². The molecule has 2 aliphatic rings. The number of amides is 2. The van der Waals surface area contributed by atoms with Gasteiger partial charge in [0.1, 0.15) is 0 Å². The van der Waals surface area contributed by atoms with Crippen LogP contribution in [0.2, 0.25) is 0 Å². The second kappa shape index (κ2) is 9.39. The van der Waals surface area contributed by atoms with Crippen molar-refractivity contribution >= 4 is 39.3 Å². The minimum Gasteiger partial charge on any atom is -0.379 e. The van der Waals surface area contributed by atoms with Crippen LogP contribution in [0.4, 0.5) is 5.69 Å². The lowest BCUT2D eigenvalue weighted by Gasteiger charge is -2.26. The van der Waals surface area contributed by atoms with E-state index in [1.165, 1.54) is 16.1 Å². The Morgan fingerprint density at radius 1 is 1.13 bits per heavy atom. The highest BCUT2D eigenvalue weighted by atomic mass is 32.2. The SMILES string of the molecule is O=C(C[C@H]1Sc2ccccc2NC1=O)NCc1ccc(S(=O)(=O)N2CCOCC2)cc1. The molecule has 2 aliphatic heterocycles. The third-order valence-corrected chi connectivity index (χ3v) is 8.29. The summed E-state index contributed by atoms with van der Waals surface area (Å²) >= 11 is 1.38. The number of morpholine rings is 1. The number of hydrogen-bond donors (Lipinski definition) is 2. The highest BCUT2D eigenvalue weighted by Gasteiger charge is 2.29. The normalized spacial score (nSPS) is 19.4. The number of benzene rings is 2. The van der Waals surface area contributed by atoms with E-state index in [1.807, 2.05) is 24.3 Å². The van der Waals surface area contributed by atoms with E-state index < -0.39 is 15.3 Å². The number of thioether (sulfide) groups is 1. The molecular formula is C21H23N3O5S2. The number of anilines is 1. The van der Waals surface area contributed by atoms with Gasteiger partial charge in [-0.2, -0.15) is 4.31 Å². The molecule has 1 fully saturated rings. The van der Waals surface area contributed by atoms with Crippen molar-refractivity contribution in [3.63, 3.8) is 0 Å². The average Bonchev–Trinajstić information content (AvgIpc) is 2.79. The van der Waals surface area contributed by atoms with Crippen LogP contribution in [0, 0.1) is 0 Å². The number of nitrogens with one attached hydrogen (secondary N) is 2. The Morgan fingerprint density at radius 2 is 1.84 bits per heavy atom. The monoisotopic (exact) mass is 461 g/mol. The van der Waals surface area contributed by atoms with Crippen molar-refractivity contribution in [2.24, 2.45) is 0 Å². The van der Waals surface area contributed by atoms with E-state index in [4.69, 9.17) is 4.74 Å². The number of hydrogen-bond acceptors (Lipinski definition) is 6. The minimum absolute atomic E-state index is 0.0638. The number of rotatable bonds is 6. The van der Waals surface area contributed by atoms with E-state index in [0.717, 1.165) is 16.1 Å². The third-order valence-electron chi connectivity index (χ3n) is 5.10. The summed E-state index contributed by atoms with van der Waals surface area (Å²) in [6.07, 6.45) is 0.0638. The fourth-order valence-electron chi connectivity index (χ4n) is 3.38. The van der Waals surface area contributed by atoms with Crippen molar-refractivity contribution in [2.75, 3.05) is 31.6 Å². The van der Waals surface area contributed by atoms with Crippen LogP contribution in [0.25, 0.3) is 0 Å². The second-order valence-electron chi connectivity index (χ2n) is 7.23. The van der Waals surface area contributed by atoms with Crippen LogP contribution in [0.3, 0.4) is 0 Å². The molecule has 8 nitrogen and oxygen atoms in total. The summed E-state index contributed by atoms with van der Waals surface area (Å²) < 4.78 is 32.0. The molecule has 0 unspecified atom stereocenters. The molecule has 164 valence electrons. The van der Waals surface area contributed by atoms with Gasteiger partial charge in [-0.1, -0.05) is 24.3 Å². The van der Waals surface area contributed by atoms with Crippen LogP contribution in [0.15, 0.2) is 58.3 Å². The second-order valence-corrected chi connectivity index (χ2v) is 10.4. The van der Waals surface area contributed by atoms with Gasteiger partial charge in [0.15, 0.2) is 0 Å². The summed E-state index contributed by atoms with van der Waals surface area (Å²) in [4.78, 5) is 25.8. The number of sulfonamides is 1. The molecule has 4 rings (SSSR count). The molecule has 2 N–H and O–H groups in total. The number of nitrogens with zero attached hydrogens (tertiary/aromatic N) is 1. The zero-order chi connectivity index (χ0) is 21.8. The van der Waals surface area contributed by atoms with Crippen LogP contribution >= 0.6 is 11.8 Å². The van der Waals surface area contributed by atoms with Crippen molar-refractivity contribution in [1.29, 1.82) is 0 Å². The molecular weight excluding hydrogens is 438 g/mol. The fourth-order valence-corrected chi connectivity index (χ4v) is 5.90. The van der Waals surface area contributed by atoms with Crippen molar-refractivity contribution in [1.82, 2.24) is 9.62 Å². The lowest BCUT2D eigenvalue weighted by molar-refractivity contribution is -0.124. The first kappa shape index (κ1) is 21.8. The molecule has 2 amide bonds.